The molecule has 0 spiro atoms. The Morgan fingerprint density at radius 2 is 2.57 bits per heavy atom. The second kappa shape index (κ2) is 2.13. The molecular weight excluding hydrogens is 226 g/mol. The van der Waals surface area contributed by atoms with E-state index in [9.17, 15) is 0 Å². The molecule has 0 saturated heterocycles. The largest absolute Gasteiger partial charge is 0.470 e. The molecule has 0 aromatic heterocycles. The molecule has 1 rings (SSSR count). The third kappa shape index (κ3) is 1.42. The Morgan fingerprint density at radius 3 is 2.71 bits per heavy atom. The second-order valence-corrected chi connectivity index (χ2v) is 2.86. The summed E-state index contributed by atoms with van der Waals surface area (Å²) in [5.41, 5.74) is 0. The molecule has 0 aliphatic carbocycles. The molecule has 2 nitrogen and oxygen atoms in total. The Kier molecular flexibility index (Phi) is 1.69. The summed E-state index contributed by atoms with van der Waals surface area (Å²) in [5, 5.41) is 0. The maximum atomic E-state index is 4.88. The summed E-state index contributed by atoms with van der Waals surface area (Å²) in [6.07, 6.45) is 0. The lowest BCUT2D eigenvalue weighted by Gasteiger charge is -1.87. The van der Waals surface area contributed by atoms with Crippen LogP contribution in [0, 0.1) is 0 Å². The summed E-state index contributed by atoms with van der Waals surface area (Å²) in [7, 11) is 0. The molecule has 1 heterocycles. The average Bonchev–Trinajstić information content (AvgIpc) is 1.87. The Balaban J connectivity index is 2.50. The highest BCUT2D eigenvalue weighted by atomic mass is 79.9. The number of nitrogens with zero attached hydrogens (tertiary/aromatic N) is 1. The van der Waals surface area contributed by atoms with Crippen LogP contribution in [0.5, 0.6) is 0 Å². The van der Waals surface area contributed by atoms with Crippen LogP contribution in [0.25, 0.3) is 0 Å². The molecular formula is C3H3Br2NO. The van der Waals surface area contributed by atoms with Crippen molar-refractivity contribution in [3.05, 3.63) is 0 Å². The fourth-order valence-electron chi connectivity index (χ4n) is 0.322. The molecule has 0 saturated carbocycles. The number of aliphatic imine (C=N–C) groups is 1. The molecule has 0 aromatic carbocycles. The van der Waals surface area contributed by atoms with E-state index in [0.29, 0.717) is 11.4 Å². The summed E-state index contributed by atoms with van der Waals surface area (Å²) in [6, 6.07) is 0. The summed E-state index contributed by atoms with van der Waals surface area (Å²) < 4.78 is 4.88. The van der Waals surface area contributed by atoms with Gasteiger partial charge in [-0.25, -0.2) is 4.99 Å². The van der Waals surface area contributed by atoms with Crippen LogP contribution in [0.3, 0.4) is 0 Å². The Bertz CT molecular complexity index is 103. The van der Waals surface area contributed by atoms with Crippen molar-refractivity contribution in [2.75, 3.05) is 6.61 Å². The van der Waals surface area contributed by atoms with E-state index >= 15 is 0 Å². The van der Waals surface area contributed by atoms with Gasteiger partial charge >= 0.3 is 0 Å². The first kappa shape index (κ1) is 5.56. The van der Waals surface area contributed by atoms with E-state index < -0.39 is 0 Å². The van der Waals surface area contributed by atoms with Gasteiger partial charge in [-0.05, 0) is 0 Å². The first-order valence-electron chi connectivity index (χ1n) is 1.79. The fourth-order valence-corrected chi connectivity index (χ4v) is 1.29. The van der Waals surface area contributed by atoms with Crippen molar-refractivity contribution >= 4 is 36.7 Å². The predicted octanol–water partition coefficient (Wildman–Crippen LogP) is 1.49. The molecule has 40 valence electrons. The zero-order chi connectivity index (χ0) is 5.28. The first-order valence-corrected chi connectivity index (χ1v) is 3.50. The molecule has 7 heavy (non-hydrogen) atoms. The molecule has 1 atom stereocenters. The molecule has 0 bridgehead atoms. The van der Waals surface area contributed by atoms with E-state index in [1.165, 1.54) is 0 Å². The number of rotatable bonds is 0. The van der Waals surface area contributed by atoms with Gasteiger partial charge in [-0.1, -0.05) is 15.9 Å². The lowest BCUT2D eigenvalue weighted by Crippen LogP contribution is -1.93. The van der Waals surface area contributed by atoms with Crippen LogP contribution in [0.2, 0.25) is 0 Å². The minimum Gasteiger partial charge on any atom is -0.470 e. The second-order valence-electron chi connectivity index (χ2n) is 1.13. The standard InChI is InChI=1S/C3H3Br2NO/c4-2-1-7-3(5)6-2/h2H,1H2. The van der Waals surface area contributed by atoms with E-state index in [1.807, 2.05) is 0 Å². The monoisotopic (exact) mass is 227 g/mol. The van der Waals surface area contributed by atoms with Crippen LogP contribution in [0.4, 0.5) is 0 Å². The van der Waals surface area contributed by atoms with E-state index in [-0.39, 0.29) is 4.95 Å². The van der Waals surface area contributed by atoms with Gasteiger partial charge in [-0.3, -0.25) is 0 Å². The summed E-state index contributed by atoms with van der Waals surface area (Å²) in [5.74, 6) is 0. The van der Waals surface area contributed by atoms with Crippen LogP contribution in [-0.2, 0) is 4.74 Å². The van der Waals surface area contributed by atoms with E-state index in [2.05, 4.69) is 36.9 Å². The van der Waals surface area contributed by atoms with Crippen LogP contribution in [-0.4, -0.2) is 16.4 Å². The van der Waals surface area contributed by atoms with Crippen molar-refractivity contribution in [3.8, 4) is 0 Å². The quantitative estimate of drug-likeness (QED) is 0.455. The highest BCUT2D eigenvalue weighted by Crippen LogP contribution is 2.12. The van der Waals surface area contributed by atoms with Gasteiger partial charge in [0.05, 0.1) is 0 Å². The lowest BCUT2D eigenvalue weighted by atomic mass is 10.8. The normalized spacial score (nSPS) is 29.4. The lowest BCUT2D eigenvalue weighted by molar-refractivity contribution is 0.352. The van der Waals surface area contributed by atoms with Gasteiger partial charge in [0.15, 0.2) is 0 Å². The molecule has 0 N–H and O–H groups in total. The maximum Gasteiger partial charge on any atom is 0.255 e. The number of hydrogen-bond acceptors (Lipinski definition) is 2. The van der Waals surface area contributed by atoms with Gasteiger partial charge < -0.3 is 4.74 Å². The predicted molar refractivity (Wildman–Crippen MR) is 35.0 cm³/mol. The number of ether oxygens (including phenoxy) is 1. The summed E-state index contributed by atoms with van der Waals surface area (Å²) in [6.45, 7) is 0.639. The number of hydrogen-bond donors (Lipinski definition) is 0. The third-order valence-electron chi connectivity index (χ3n) is 0.582. The van der Waals surface area contributed by atoms with Crippen LogP contribution < -0.4 is 0 Å². The van der Waals surface area contributed by atoms with Gasteiger partial charge in [0, 0.05) is 15.9 Å². The molecule has 0 amide bonds. The number of alkyl halides is 1. The zero-order valence-corrected chi connectivity index (χ0v) is 6.57. The third-order valence-corrected chi connectivity index (χ3v) is 1.48. The van der Waals surface area contributed by atoms with Gasteiger partial charge in [0.25, 0.3) is 4.81 Å². The van der Waals surface area contributed by atoms with Crippen molar-refractivity contribution in [2.24, 2.45) is 4.99 Å². The molecule has 1 aliphatic heterocycles. The first-order chi connectivity index (χ1) is 3.29. The van der Waals surface area contributed by atoms with Gasteiger partial charge in [-0.15, -0.1) is 0 Å². The smallest absolute Gasteiger partial charge is 0.255 e. The van der Waals surface area contributed by atoms with Crippen LogP contribution >= 0.6 is 31.9 Å². The molecule has 1 unspecified atom stereocenters. The molecule has 0 radical (unpaired) electrons. The van der Waals surface area contributed by atoms with Crippen molar-refractivity contribution in [3.63, 3.8) is 0 Å². The Hall–Kier alpha value is 0.430. The van der Waals surface area contributed by atoms with Gasteiger partial charge in [0.1, 0.15) is 11.6 Å². The minimum atomic E-state index is 0.155. The van der Waals surface area contributed by atoms with E-state index in [1.54, 1.807) is 0 Å². The molecule has 0 fully saturated rings. The molecule has 0 aromatic rings. The van der Waals surface area contributed by atoms with Gasteiger partial charge in [-0.2, -0.15) is 0 Å². The van der Waals surface area contributed by atoms with Crippen LogP contribution in [0.15, 0.2) is 4.99 Å². The SMILES string of the molecule is BrC1=NC(Br)CO1. The molecule has 4 heteroatoms. The minimum absolute atomic E-state index is 0.155. The summed E-state index contributed by atoms with van der Waals surface area (Å²) in [4.78, 5) is 4.66. The average molecular weight is 229 g/mol. The highest BCUT2D eigenvalue weighted by Gasteiger charge is 2.11. The van der Waals surface area contributed by atoms with Gasteiger partial charge in [0.2, 0.25) is 0 Å². The van der Waals surface area contributed by atoms with Crippen molar-refractivity contribution in [1.82, 2.24) is 0 Å². The highest BCUT2D eigenvalue weighted by molar-refractivity contribution is 9.18. The zero-order valence-electron chi connectivity index (χ0n) is 3.40. The maximum absolute atomic E-state index is 4.88. The van der Waals surface area contributed by atoms with E-state index in [0.717, 1.165) is 0 Å². The van der Waals surface area contributed by atoms with Crippen molar-refractivity contribution < 1.29 is 4.74 Å². The Morgan fingerprint density at radius 1 is 1.86 bits per heavy atom. The van der Waals surface area contributed by atoms with Crippen molar-refractivity contribution in [2.45, 2.75) is 4.95 Å². The van der Waals surface area contributed by atoms with Crippen molar-refractivity contribution in [1.29, 1.82) is 0 Å². The van der Waals surface area contributed by atoms with Crippen LogP contribution in [0.1, 0.15) is 0 Å². The topological polar surface area (TPSA) is 21.6 Å². The fraction of sp³-hybridized carbons (Fsp3) is 0.667. The molecule has 1 aliphatic rings. The summed E-state index contributed by atoms with van der Waals surface area (Å²) >= 11 is 6.31. The van der Waals surface area contributed by atoms with E-state index in [4.69, 9.17) is 4.74 Å². The Labute approximate surface area is 58.2 Å². The number of halogens is 2.